The van der Waals surface area contributed by atoms with Crippen molar-refractivity contribution in [2.24, 2.45) is 0 Å². The van der Waals surface area contributed by atoms with Gasteiger partial charge in [-0.3, -0.25) is 0 Å². The molecule has 0 saturated carbocycles. The third-order valence-electron chi connectivity index (χ3n) is 3.04. The first-order chi connectivity index (χ1) is 6.58. The van der Waals surface area contributed by atoms with Crippen molar-refractivity contribution in [1.82, 2.24) is 0 Å². The van der Waals surface area contributed by atoms with Crippen LogP contribution < -0.4 is 0 Å². The summed E-state index contributed by atoms with van der Waals surface area (Å²) in [5, 5.41) is 2.85. The molecule has 0 nitrogen and oxygen atoms in total. The van der Waals surface area contributed by atoms with Gasteiger partial charge in [0.1, 0.15) is 0 Å². The summed E-state index contributed by atoms with van der Waals surface area (Å²) >= 11 is -1.41. The van der Waals surface area contributed by atoms with Crippen LogP contribution in [0, 0.1) is 0 Å². The number of allylic oxidation sites excluding steroid dienone is 2. The van der Waals surface area contributed by atoms with Crippen molar-refractivity contribution in [2.75, 3.05) is 0 Å². The van der Waals surface area contributed by atoms with Crippen LogP contribution in [0.5, 0.6) is 0 Å². The van der Waals surface area contributed by atoms with Crippen LogP contribution in [0.3, 0.4) is 0 Å². The molecule has 0 fully saturated rings. The molecule has 74 valence electrons. The summed E-state index contributed by atoms with van der Waals surface area (Å²) in [6, 6.07) is 10.9. The van der Waals surface area contributed by atoms with E-state index in [9.17, 15) is 0 Å². The van der Waals surface area contributed by atoms with Gasteiger partial charge in [0.2, 0.25) is 0 Å². The first-order valence-electron chi connectivity index (χ1n) is 5.32. The molecule has 0 spiro atoms. The van der Waals surface area contributed by atoms with Crippen molar-refractivity contribution in [3.63, 3.8) is 0 Å². The van der Waals surface area contributed by atoms with Crippen LogP contribution in [0.1, 0.15) is 12.5 Å². The zero-order valence-electron chi connectivity index (χ0n) is 9.30. The molecule has 0 N–H and O–H groups in total. The molecule has 0 bridgehead atoms. The second-order valence-corrected chi connectivity index (χ2v) is 15.7. The number of hydrogen-bond donors (Lipinski definition) is 0. The topological polar surface area (TPSA) is 0 Å². The Kier molecular flexibility index (Phi) is 2.56. The fourth-order valence-corrected chi connectivity index (χ4v) is 9.30. The normalized spacial score (nSPS) is 20.2. The van der Waals surface area contributed by atoms with Gasteiger partial charge in [0.25, 0.3) is 0 Å². The molecule has 0 amide bonds. The van der Waals surface area contributed by atoms with Crippen LogP contribution in [0.25, 0.3) is 5.57 Å². The van der Waals surface area contributed by atoms with E-state index in [0.717, 1.165) is 0 Å². The molecule has 14 heavy (non-hydrogen) atoms. The van der Waals surface area contributed by atoms with Crippen LogP contribution >= 0.6 is 0 Å². The van der Waals surface area contributed by atoms with Crippen molar-refractivity contribution in [1.29, 1.82) is 0 Å². The molecule has 1 aliphatic rings. The fraction of sp³-hybridized carbons (Fsp3) is 0.385. The van der Waals surface area contributed by atoms with Crippen molar-refractivity contribution in [2.45, 2.75) is 28.9 Å². The van der Waals surface area contributed by atoms with E-state index in [0.29, 0.717) is 0 Å². The molecule has 0 saturated heterocycles. The van der Waals surface area contributed by atoms with Crippen LogP contribution in [0.2, 0.25) is 22.0 Å². The van der Waals surface area contributed by atoms with Gasteiger partial charge in [-0.1, -0.05) is 0 Å². The van der Waals surface area contributed by atoms with Gasteiger partial charge in [0.15, 0.2) is 0 Å². The van der Waals surface area contributed by atoms with Crippen LogP contribution in [0.15, 0.2) is 35.9 Å². The van der Waals surface area contributed by atoms with E-state index < -0.39 is 13.3 Å². The van der Waals surface area contributed by atoms with Gasteiger partial charge in [-0.15, -0.1) is 0 Å². The van der Waals surface area contributed by atoms with Gasteiger partial charge in [-0.25, -0.2) is 0 Å². The van der Waals surface area contributed by atoms with Crippen molar-refractivity contribution < 1.29 is 0 Å². The Morgan fingerprint density at radius 2 is 1.64 bits per heavy atom. The predicted octanol–water partition coefficient (Wildman–Crippen LogP) is 4.18. The number of hydrogen-bond acceptors (Lipinski definition) is 0. The van der Waals surface area contributed by atoms with Gasteiger partial charge in [0.05, 0.1) is 0 Å². The van der Waals surface area contributed by atoms with Gasteiger partial charge in [-0.05, 0) is 0 Å². The van der Waals surface area contributed by atoms with E-state index in [-0.39, 0.29) is 0 Å². The first kappa shape index (κ1) is 10.0. The summed E-state index contributed by atoms with van der Waals surface area (Å²) in [5.74, 6) is 5.08. The zero-order valence-corrected chi connectivity index (χ0v) is 11.4. The third kappa shape index (κ3) is 1.95. The molecule has 0 radical (unpaired) electrons. The van der Waals surface area contributed by atoms with Gasteiger partial charge >= 0.3 is 89.3 Å². The molecular weight excluding hydrogens is 229 g/mol. The average molecular weight is 247 g/mol. The van der Waals surface area contributed by atoms with Crippen LogP contribution in [0.4, 0.5) is 0 Å². The molecule has 0 aliphatic carbocycles. The average Bonchev–Trinajstić information content (AvgIpc) is 2.41. The molecule has 1 aromatic carbocycles. The Labute approximate surface area is 89.4 Å². The maximum absolute atomic E-state index is 2.54. The maximum atomic E-state index is 2.54. The molecule has 1 aromatic rings. The summed E-state index contributed by atoms with van der Waals surface area (Å²) in [4.78, 5) is 0. The molecule has 0 unspecified atom stereocenters. The van der Waals surface area contributed by atoms with Crippen LogP contribution in [-0.4, -0.2) is 13.3 Å². The van der Waals surface area contributed by atoms with E-state index >= 15 is 0 Å². The van der Waals surface area contributed by atoms with E-state index in [1.807, 2.05) is 0 Å². The van der Waals surface area contributed by atoms with Gasteiger partial charge < -0.3 is 0 Å². The second-order valence-electron chi connectivity index (χ2n) is 5.14. The minimum absolute atomic E-state index is 1.41. The summed E-state index contributed by atoms with van der Waals surface area (Å²) in [6.07, 6.45) is 0. The summed E-state index contributed by atoms with van der Waals surface area (Å²) in [7, 11) is 0. The number of benzene rings is 1. The van der Waals surface area contributed by atoms with E-state index in [1.165, 1.54) is 16.1 Å². The van der Waals surface area contributed by atoms with Gasteiger partial charge in [0, 0.05) is 0 Å². The molecule has 1 heteroatoms. The van der Waals surface area contributed by atoms with E-state index in [1.54, 1.807) is 11.1 Å². The summed E-state index contributed by atoms with van der Waals surface area (Å²) in [5.41, 5.74) is 4.76. The zero-order chi connectivity index (χ0) is 10.2. The Morgan fingerprint density at radius 3 is 2.14 bits per heavy atom. The molecule has 0 aromatic heterocycles. The van der Waals surface area contributed by atoms with Crippen molar-refractivity contribution in [3.05, 3.63) is 41.5 Å². The Bertz CT molecular complexity index is 360. The quantitative estimate of drug-likeness (QED) is 0.653. The fourth-order valence-electron chi connectivity index (χ4n) is 2.50. The second kappa shape index (κ2) is 3.58. The van der Waals surface area contributed by atoms with E-state index in [2.05, 4.69) is 48.8 Å². The van der Waals surface area contributed by atoms with Gasteiger partial charge in [-0.2, -0.15) is 0 Å². The summed E-state index contributed by atoms with van der Waals surface area (Å²) < 4.78 is 0. The standard InChI is InChI=1S/C13H18Ge/c1-11-9-14(2,3)10-13(11)12-7-5-4-6-8-12/h4-8H,9-10H2,1-3H3. The predicted molar refractivity (Wildman–Crippen MR) is 66.1 cm³/mol. The Balaban J connectivity index is 2.33. The molecular formula is C13H18Ge. The van der Waals surface area contributed by atoms with Crippen molar-refractivity contribution in [3.8, 4) is 0 Å². The monoisotopic (exact) mass is 248 g/mol. The molecule has 2 rings (SSSR count). The molecule has 1 aliphatic heterocycles. The van der Waals surface area contributed by atoms with E-state index in [4.69, 9.17) is 0 Å². The van der Waals surface area contributed by atoms with Crippen molar-refractivity contribution >= 4 is 18.8 Å². The SMILES string of the molecule is CC1=C(c2ccccc2)[CH2][Ge]([CH3])([CH3])[CH2]1. The van der Waals surface area contributed by atoms with Crippen LogP contribution in [-0.2, 0) is 0 Å². The minimum atomic E-state index is -1.41. The molecule has 0 atom stereocenters. The third-order valence-corrected chi connectivity index (χ3v) is 8.91. The first-order valence-corrected chi connectivity index (χ1v) is 12.5. The Morgan fingerprint density at radius 1 is 1.00 bits per heavy atom. The molecule has 1 heterocycles. The Hall–Kier alpha value is -0.497. The summed E-state index contributed by atoms with van der Waals surface area (Å²) in [6.45, 7) is 2.32. The number of rotatable bonds is 1.